The molecule has 0 fully saturated rings. The Kier molecular flexibility index (Phi) is 7.33. The molecule has 8 heteroatoms. The number of carbonyl (C=O) groups is 1. The van der Waals surface area contributed by atoms with E-state index in [0.717, 1.165) is 0 Å². The zero-order valence-corrected chi connectivity index (χ0v) is 18.8. The first kappa shape index (κ1) is 22.8. The maximum atomic E-state index is 12.8. The van der Waals surface area contributed by atoms with Gasteiger partial charge in [-0.2, -0.15) is 4.31 Å². The Morgan fingerprint density at radius 1 is 0.935 bits per heavy atom. The van der Waals surface area contributed by atoms with Crippen LogP contribution in [0.25, 0.3) is 0 Å². The van der Waals surface area contributed by atoms with Gasteiger partial charge in [-0.25, -0.2) is 8.42 Å². The van der Waals surface area contributed by atoms with Crippen molar-refractivity contribution in [3.8, 4) is 11.5 Å². The van der Waals surface area contributed by atoms with Gasteiger partial charge in [-0.15, -0.1) is 0 Å². The maximum absolute atomic E-state index is 12.8. The summed E-state index contributed by atoms with van der Waals surface area (Å²) in [5.41, 5.74) is 0.744. The van der Waals surface area contributed by atoms with Crippen LogP contribution >= 0.6 is 11.6 Å². The minimum atomic E-state index is -3.79. The Labute approximate surface area is 187 Å². The van der Waals surface area contributed by atoms with Gasteiger partial charge in [0.1, 0.15) is 16.4 Å². The summed E-state index contributed by atoms with van der Waals surface area (Å²) in [6, 6.07) is 20.5. The summed E-state index contributed by atoms with van der Waals surface area (Å²) in [5, 5.41) is 2.83. The van der Waals surface area contributed by atoms with Crippen LogP contribution < -0.4 is 10.1 Å². The van der Waals surface area contributed by atoms with Crippen LogP contribution in [-0.4, -0.2) is 31.7 Å². The molecule has 0 unspecified atom stereocenters. The van der Waals surface area contributed by atoms with Crippen LogP contribution in [0.1, 0.15) is 24.2 Å². The lowest BCUT2D eigenvalue weighted by atomic mass is 10.2. The minimum absolute atomic E-state index is 0.0749. The van der Waals surface area contributed by atoms with Gasteiger partial charge in [-0.3, -0.25) is 4.79 Å². The second-order valence-electron chi connectivity index (χ2n) is 6.63. The fraction of sp³-hybridized carbons (Fsp3) is 0.174. The lowest BCUT2D eigenvalue weighted by Gasteiger charge is -2.19. The van der Waals surface area contributed by atoms with Crippen molar-refractivity contribution in [2.75, 3.05) is 18.4 Å². The predicted octanol–water partition coefficient (Wildman–Crippen LogP) is 5.42. The first-order valence-electron chi connectivity index (χ1n) is 9.79. The Balaban J connectivity index is 1.76. The fourth-order valence-electron chi connectivity index (χ4n) is 2.98. The van der Waals surface area contributed by atoms with Crippen molar-refractivity contribution >= 4 is 33.2 Å². The molecule has 0 aliphatic rings. The number of nitrogens with one attached hydrogen (secondary N) is 1. The van der Waals surface area contributed by atoms with E-state index in [4.69, 9.17) is 16.3 Å². The van der Waals surface area contributed by atoms with E-state index in [2.05, 4.69) is 5.32 Å². The van der Waals surface area contributed by atoms with Crippen LogP contribution in [-0.2, 0) is 10.0 Å². The standard InChI is InChI=1S/C23H23ClN2O4S/c1-3-26(4-2)31(28,29)22-16-17(10-15-21(22)24)23(27)25-18-11-13-20(14-12-18)30-19-8-6-5-7-9-19/h5-16H,3-4H2,1-2H3,(H,25,27). The summed E-state index contributed by atoms with van der Waals surface area (Å²) in [4.78, 5) is 12.6. The van der Waals surface area contributed by atoms with Crippen LogP contribution in [0.15, 0.2) is 77.7 Å². The molecule has 0 spiro atoms. The van der Waals surface area contributed by atoms with E-state index in [1.165, 1.54) is 22.5 Å². The molecule has 0 saturated heterocycles. The summed E-state index contributed by atoms with van der Waals surface area (Å²) in [7, 11) is -3.79. The zero-order valence-electron chi connectivity index (χ0n) is 17.2. The maximum Gasteiger partial charge on any atom is 0.255 e. The van der Waals surface area contributed by atoms with E-state index >= 15 is 0 Å². The number of para-hydroxylation sites is 1. The molecule has 0 aliphatic carbocycles. The highest BCUT2D eigenvalue weighted by molar-refractivity contribution is 7.89. The number of halogens is 1. The number of anilines is 1. The van der Waals surface area contributed by atoms with E-state index in [-0.39, 0.29) is 15.5 Å². The van der Waals surface area contributed by atoms with E-state index in [9.17, 15) is 13.2 Å². The molecule has 1 amide bonds. The molecule has 0 aromatic heterocycles. The number of hydrogen-bond donors (Lipinski definition) is 1. The van der Waals surface area contributed by atoms with Crippen molar-refractivity contribution in [2.45, 2.75) is 18.7 Å². The van der Waals surface area contributed by atoms with Gasteiger partial charge in [0, 0.05) is 24.3 Å². The molecular formula is C23H23ClN2O4S. The molecule has 3 aromatic rings. The molecule has 0 heterocycles. The first-order chi connectivity index (χ1) is 14.8. The number of amides is 1. The average Bonchev–Trinajstić information content (AvgIpc) is 2.76. The third kappa shape index (κ3) is 5.44. The normalized spacial score (nSPS) is 11.4. The van der Waals surface area contributed by atoms with Gasteiger partial charge in [0.25, 0.3) is 5.91 Å². The molecule has 3 rings (SSSR count). The Morgan fingerprint density at radius 3 is 2.16 bits per heavy atom. The number of nitrogens with zero attached hydrogens (tertiary/aromatic N) is 1. The van der Waals surface area contributed by atoms with Crippen LogP contribution in [0.5, 0.6) is 11.5 Å². The van der Waals surface area contributed by atoms with E-state index in [0.29, 0.717) is 30.3 Å². The first-order valence-corrected chi connectivity index (χ1v) is 11.6. The molecule has 0 atom stereocenters. The summed E-state index contributed by atoms with van der Waals surface area (Å²) in [6.07, 6.45) is 0. The van der Waals surface area contributed by atoms with Gasteiger partial charge in [0.2, 0.25) is 10.0 Å². The third-order valence-electron chi connectivity index (χ3n) is 4.61. The largest absolute Gasteiger partial charge is 0.457 e. The number of benzene rings is 3. The van der Waals surface area contributed by atoms with Crippen LogP contribution in [0.2, 0.25) is 5.02 Å². The van der Waals surface area contributed by atoms with Crippen molar-refractivity contribution in [1.29, 1.82) is 0 Å². The van der Waals surface area contributed by atoms with Gasteiger partial charge in [-0.1, -0.05) is 43.6 Å². The van der Waals surface area contributed by atoms with Crippen molar-refractivity contribution in [1.82, 2.24) is 4.31 Å². The van der Waals surface area contributed by atoms with E-state index in [1.54, 1.807) is 38.1 Å². The average molecular weight is 459 g/mol. The lowest BCUT2D eigenvalue weighted by Crippen LogP contribution is -2.31. The molecule has 0 bridgehead atoms. The minimum Gasteiger partial charge on any atom is -0.457 e. The number of hydrogen-bond acceptors (Lipinski definition) is 4. The highest BCUT2D eigenvalue weighted by Crippen LogP contribution is 2.27. The van der Waals surface area contributed by atoms with Gasteiger partial charge >= 0.3 is 0 Å². The molecule has 1 N–H and O–H groups in total. The van der Waals surface area contributed by atoms with Crippen molar-refractivity contribution in [3.05, 3.63) is 83.4 Å². The SMILES string of the molecule is CCN(CC)S(=O)(=O)c1cc(C(=O)Nc2ccc(Oc3ccccc3)cc2)ccc1Cl. The second kappa shape index (κ2) is 9.96. The highest BCUT2D eigenvalue weighted by Gasteiger charge is 2.25. The Hall–Kier alpha value is -2.87. The van der Waals surface area contributed by atoms with Crippen LogP contribution in [0.3, 0.4) is 0 Å². The van der Waals surface area contributed by atoms with Crippen molar-refractivity contribution in [2.24, 2.45) is 0 Å². The summed E-state index contributed by atoms with van der Waals surface area (Å²) >= 11 is 6.14. The van der Waals surface area contributed by atoms with E-state index < -0.39 is 15.9 Å². The number of sulfonamides is 1. The number of rotatable bonds is 8. The highest BCUT2D eigenvalue weighted by atomic mass is 35.5. The molecule has 6 nitrogen and oxygen atoms in total. The molecular weight excluding hydrogens is 436 g/mol. The monoisotopic (exact) mass is 458 g/mol. The Bertz CT molecular complexity index is 1150. The smallest absolute Gasteiger partial charge is 0.255 e. The lowest BCUT2D eigenvalue weighted by molar-refractivity contribution is 0.102. The topological polar surface area (TPSA) is 75.7 Å². The van der Waals surface area contributed by atoms with E-state index in [1.807, 2.05) is 30.3 Å². The predicted molar refractivity (Wildman–Crippen MR) is 122 cm³/mol. The third-order valence-corrected chi connectivity index (χ3v) is 7.14. The Morgan fingerprint density at radius 2 is 1.55 bits per heavy atom. The van der Waals surface area contributed by atoms with Gasteiger partial charge in [0.05, 0.1) is 5.02 Å². The number of ether oxygens (including phenoxy) is 1. The molecule has 0 radical (unpaired) electrons. The van der Waals surface area contributed by atoms with Crippen LogP contribution in [0, 0.1) is 0 Å². The van der Waals surface area contributed by atoms with Gasteiger partial charge in [-0.05, 0) is 54.6 Å². The van der Waals surface area contributed by atoms with Gasteiger partial charge < -0.3 is 10.1 Å². The summed E-state index contributed by atoms with van der Waals surface area (Å²) < 4.78 is 32.7. The van der Waals surface area contributed by atoms with Crippen LogP contribution in [0.4, 0.5) is 5.69 Å². The molecule has 0 saturated carbocycles. The molecule has 162 valence electrons. The van der Waals surface area contributed by atoms with Gasteiger partial charge in [0.15, 0.2) is 0 Å². The van der Waals surface area contributed by atoms with Crippen molar-refractivity contribution < 1.29 is 17.9 Å². The zero-order chi connectivity index (χ0) is 22.4. The summed E-state index contributed by atoms with van der Waals surface area (Å²) in [6.45, 7) is 4.11. The molecule has 31 heavy (non-hydrogen) atoms. The summed E-state index contributed by atoms with van der Waals surface area (Å²) in [5.74, 6) is 0.898. The van der Waals surface area contributed by atoms with Crippen molar-refractivity contribution in [3.63, 3.8) is 0 Å². The number of carbonyl (C=O) groups excluding carboxylic acids is 1. The fourth-order valence-corrected chi connectivity index (χ4v) is 4.94. The second-order valence-corrected chi connectivity index (χ2v) is 8.94. The molecule has 0 aliphatic heterocycles. The quantitative estimate of drug-likeness (QED) is 0.489. The molecule has 3 aromatic carbocycles.